The van der Waals surface area contributed by atoms with E-state index in [0.29, 0.717) is 12.8 Å². The number of ether oxygens (including phenoxy) is 1. The highest BCUT2D eigenvalue weighted by molar-refractivity contribution is 5.86. The number of aliphatic hydroxyl groups excluding tert-OH is 1. The second-order valence-corrected chi connectivity index (χ2v) is 7.92. The minimum atomic E-state index is -1.32. The van der Waals surface area contributed by atoms with Gasteiger partial charge < -0.3 is 25.6 Å². The van der Waals surface area contributed by atoms with E-state index in [4.69, 9.17) is 14.9 Å². The number of alkyl carbamates (subject to hydrolysis) is 1. The molecule has 162 valence electrons. The highest BCUT2D eigenvalue weighted by Crippen LogP contribution is 2.44. The summed E-state index contributed by atoms with van der Waals surface area (Å²) in [6.07, 6.45) is 0.256. The summed E-state index contributed by atoms with van der Waals surface area (Å²) in [4.78, 5) is 35.2. The fraction of sp³-hybridized carbons (Fsp3) is 0.348. The molecule has 0 bridgehead atoms. The van der Waals surface area contributed by atoms with Crippen LogP contribution in [0.15, 0.2) is 48.5 Å². The fourth-order valence-electron chi connectivity index (χ4n) is 4.23. The summed E-state index contributed by atoms with van der Waals surface area (Å²) in [5, 5.41) is 22.9. The third-order valence-corrected chi connectivity index (χ3v) is 5.97. The van der Waals surface area contributed by atoms with Crippen LogP contribution >= 0.6 is 0 Å². The van der Waals surface area contributed by atoms with Crippen LogP contribution in [0, 0.1) is 5.92 Å². The molecule has 0 unspecified atom stereocenters. The first-order chi connectivity index (χ1) is 15.0. The predicted octanol–water partition coefficient (Wildman–Crippen LogP) is 1.87. The Labute approximate surface area is 179 Å². The lowest BCUT2D eigenvalue weighted by molar-refractivity contribution is -0.144. The topological polar surface area (TPSA) is 125 Å². The second-order valence-electron chi connectivity index (χ2n) is 7.92. The van der Waals surface area contributed by atoms with Gasteiger partial charge in [0, 0.05) is 17.9 Å². The van der Waals surface area contributed by atoms with Crippen LogP contribution in [-0.4, -0.2) is 53.5 Å². The zero-order valence-electron chi connectivity index (χ0n) is 16.8. The summed E-state index contributed by atoms with van der Waals surface area (Å²) in [6, 6.07) is 14.7. The summed E-state index contributed by atoms with van der Waals surface area (Å²) in [7, 11) is 0. The molecule has 0 aliphatic heterocycles. The molecule has 2 aromatic rings. The standard InChI is InChI=1S/C23H24N2O6/c26-11-20(22(28)29)25-21(27)13-9-14(10-13)24-23(30)31-12-19-17-7-3-1-5-15(17)16-6-2-4-8-18(16)19/h1-8,13-14,19-20,26H,9-12H2,(H,24,30)(H,25,27)(H,28,29)/t13?,14?,20-/m1/s1. The highest BCUT2D eigenvalue weighted by Gasteiger charge is 2.37. The first-order valence-electron chi connectivity index (χ1n) is 10.2. The fourth-order valence-corrected chi connectivity index (χ4v) is 4.23. The van der Waals surface area contributed by atoms with Crippen LogP contribution in [-0.2, 0) is 14.3 Å². The van der Waals surface area contributed by atoms with Gasteiger partial charge in [-0.25, -0.2) is 9.59 Å². The number of carbonyl (C=O) groups is 3. The number of rotatable bonds is 7. The molecule has 0 spiro atoms. The summed E-state index contributed by atoms with van der Waals surface area (Å²) >= 11 is 0. The van der Waals surface area contributed by atoms with E-state index in [1.54, 1.807) is 0 Å². The molecule has 2 aliphatic rings. The first kappa shape index (κ1) is 20.9. The number of aliphatic carboxylic acids is 1. The SMILES string of the molecule is O=C(NC1CC(C(=O)N[C@H](CO)C(=O)O)C1)OCC1c2ccccc2-c2ccccc21. The zero-order valence-corrected chi connectivity index (χ0v) is 16.8. The zero-order chi connectivity index (χ0) is 22.0. The number of carboxylic acids is 1. The van der Waals surface area contributed by atoms with Crippen LogP contribution < -0.4 is 10.6 Å². The van der Waals surface area contributed by atoms with Gasteiger partial charge in [-0.3, -0.25) is 4.79 Å². The van der Waals surface area contributed by atoms with Crippen molar-refractivity contribution in [3.05, 3.63) is 59.7 Å². The number of hydrogen-bond acceptors (Lipinski definition) is 5. The average Bonchev–Trinajstić information content (AvgIpc) is 3.06. The van der Waals surface area contributed by atoms with Crippen molar-refractivity contribution in [2.45, 2.75) is 30.8 Å². The average molecular weight is 424 g/mol. The number of nitrogens with one attached hydrogen (secondary N) is 2. The molecule has 0 radical (unpaired) electrons. The Bertz CT molecular complexity index is 956. The van der Waals surface area contributed by atoms with E-state index in [2.05, 4.69) is 22.8 Å². The number of fused-ring (bicyclic) bond motifs is 3. The van der Waals surface area contributed by atoms with E-state index >= 15 is 0 Å². The molecule has 0 saturated heterocycles. The van der Waals surface area contributed by atoms with Crippen LogP contribution in [0.2, 0.25) is 0 Å². The van der Waals surface area contributed by atoms with E-state index in [9.17, 15) is 14.4 Å². The number of carboxylic acid groups (broad SMARTS) is 1. The van der Waals surface area contributed by atoms with Crippen LogP contribution in [0.3, 0.4) is 0 Å². The van der Waals surface area contributed by atoms with Gasteiger partial charge in [-0.1, -0.05) is 48.5 Å². The quantitative estimate of drug-likeness (QED) is 0.538. The molecule has 0 aromatic heterocycles. The van der Waals surface area contributed by atoms with E-state index in [1.807, 2.05) is 36.4 Å². The molecule has 4 N–H and O–H groups in total. The van der Waals surface area contributed by atoms with Crippen LogP contribution in [0.5, 0.6) is 0 Å². The van der Waals surface area contributed by atoms with Crippen molar-refractivity contribution in [3.8, 4) is 11.1 Å². The number of carbonyl (C=O) groups excluding carboxylic acids is 2. The summed E-state index contributed by atoms with van der Waals surface area (Å²) in [6.45, 7) is -0.456. The Kier molecular flexibility index (Phi) is 5.90. The number of hydrogen-bond donors (Lipinski definition) is 4. The van der Waals surface area contributed by atoms with E-state index < -0.39 is 36.5 Å². The lowest BCUT2D eigenvalue weighted by atomic mass is 9.79. The van der Waals surface area contributed by atoms with Crippen molar-refractivity contribution in [1.29, 1.82) is 0 Å². The molecule has 1 saturated carbocycles. The van der Waals surface area contributed by atoms with Gasteiger partial charge in [-0.2, -0.15) is 0 Å². The van der Waals surface area contributed by atoms with E-state index in [-0.39, 0.29) is 18.6 Å². The Morgan fingerprint density at radius 1 is 1.00 bits per heavy atom. The number of amides is 2. The Hall–Kier alpha value is -3.39. The summed E-state index contributed by atoms with van der Waals surface area (Å²) < 4.78 is 5.49. The van der Waals surface area contributed by atoms with Crippen molar-refractivity contribution in [2.24, 2.45) is 5.92 Å². The van der Waals surface area contributed by atoms with Crippen molar-refractivity contribution >= 4 is 18.0 Å². The molecular weight excluding hydrogens is 400 g/mol. The van der Waals surface area contributed by atoms with Crippen LogP contribution in [0.25, 0.3) is 11.1 Å². The molecular formula is C23H24N2O6. The lowest BCUT2D eigenvalue weighted by Crippen LogP contribution is -2.53. The summed E-state index contributed by atoms with van der Waals surface area (Å²) in [5.74, 6) is -2.15. The molecule has 31 heavy (non-hydrogen) atoms. The molecule has 1 fully saturated rings. The van der Waals surface area contributed by atoms with Gasteiger partial charge in [-0.05, 0) is 35.1 Å². The predicted molar refractivity (Wildman–Crippen MR) is 111 cm³/mol. The van der Waals surface area contributed by atoms with Crippen LogP contribution in [0.4, 0.5) is 4.79 Å². The maximum atomic E-state index is 12.3. The smallest absolute Gasteiger partial charge is 0.407 e. The number of aliphatic hydroxyl groups is 1. The monoisotopic (exact) mass is 424 g/mol. The highest BCUT2D eigenvalue weighted by atomic mass is 16.5. The Morgan fingerprint density at radius 2 is 1.58 bits per heavy atom. The minimum absolute atomic E-state index is 0.0236. The third-order valence-electron chi connectivity index (χ3n) is 5.97. The molecule has 8 heteroatoms. The first-order valence-corrected chi connectivity index (χ1v) is 10.2. The van der Waals surface area contributed by atoms with Crippen molar-refractivity contribution in [2.75, 3.05) is 13.2 Å². The molecule has 1 atom stereocenters. The maximum Gasteiger partial charge on any atom is 0.407 e. The molecule has 2 amide bonds. The largest absolute Gasteiger partial charge is 0.480 e. The van der Waals surface area contributed by atoms with E-state index in [1.165, 1.54) is 0 Å². The van der Waals surface area contributed by atoms with Gasteiger partial charge >= 0.3 is 12.1 Å². The third kappa shape index (κ3) is 4.25. The Morgan fingerprint density at radius 3 is 2.13 bits per heavy atom. The Balaban J connectivity index is 1.27. The van der Waals surface area contributed by atoms with Gasteiger partial charge in [0.2, 0.25) is 5.91 Å². The summed E-state index contributed by atoms with van der Waals surface area (Å²) in [5.41, 5.74) is 4.58. The second kappa shape index (κ2) is 8.77. The van der Waals surface area contributed by atoms with Gasteiger partial charge in [0.05, 0.1) is 6.61 Å². The molecule has 4 rings (SSSR count). The lowest BCUT2D eigenvalue weighted by Gasteiger charge is -2.34. The van der Waals surface area contributed by atoms with Crippen molar-refractivity contribution in [1.82, 2.24) is 10.6 Å². The molecule has 8 nitrogen and oxygen atoms in total. The number of benzene rings is 2. The molecule has 2 aliphatic carbocycles. The molecule has 2 aromatic carbocycles. The molecule has 0 heterocycles. The van der Waals surface area contributed by atoms with Gasteiger partial charge in [-0.15, -0.1) is 0 Å². The normalized spacial score (nSPS) is 20.0. The van der Waals surface area contributed by atoms with E-state index in [0.717, 1.165) is 22.3 Å². The van der Waals surface area contributed by atoms with Gasteiger partial charge in [0.25, 0.3) is 0 Å². The van der Waals surface area contributed by atoms with Gasteiger partial charge in [0.1, 0.15) is 12.6 Å². The maximum absolute atomic E-state index is 12.3. The minimum Gasteiger partial charge on any atom is -0.480 e. The van der Waals surface area contributed by atoms with Crippen molar-refractivity contribution in [3.63, 3.8) is 0 Å². The van der Waals surface area contributed by atoms with Crippen molar-refractivity contribution < 1.29 is 29.3 Å². The van der Waals surface area contributed by atoms with Crippen LogP contribution in [0.1, 0.15) is 29.9 Å². The van der Waals surface area contributed by atoms with Gasteiger partial charge in [0.15, 0.2) is 0 Å².